The minimum absolute atomic E-state index is 0.0103. The minimum atomic E-state index is -3.70. The zero-order valence-electron chi connectivity index (χ0n) is 12.0. The lowest BCUT2D eigenvalue weighted by atomic mass is 10.1. The molecular weight excluding hydrogens is 277 g/mol. The maximum Gasteiger partial charge on any atom is 0.429 e. The average molecular weight is 294 g/mol. The van der Waals surface area contributed by atoms with Crippen LogP contribution in [0.1, 0.15) is 30.5 Å². The van der Waals surface area contributed by atoms with E-state index in [2.05, 4.69) is 4.74 Å². The van der Waals surface area contributed by atoms with E-state index in [0.717, 1.165) is 24.1 Å². The standard InChI is InChI=1S/C17H17F3O/c1-3-12-5-8-14(9-6-12)21-17(19,20)15-10-7-13(4-2)11-16(15)18/h5-11H,3-4H2,1-2H3. The van der Waals surface area contributed by atoms with Gasteiger partial charge in [0.2, 0.25) is 0 Å². The number of halogens is 3. The highest BCUT2D eigenvalue weighted by Gasteiger charge is 2.37. The molecule has 0 heterocycles. The topological polar surface area (TPSA) is 9.23 Å². The molecule has 0 aliphatic heterocycles. The lowest BCUT2D eigenvalue weighted by Gasteiger charge is -2.19. The molecule has 2 rings (SSSR count). The van der Waals surface area contributed by atoms with Crippen molar-refractivity contribution in [2.75, 3.05) is 0 Å². The Bertz CT molecular complexity index is 606. The molecule has 0 aromatic heterocycles. The second-order valence-electron chi connectivity index (χ2n) is 4.78. The van der Waals surface area contributed by atoms with E-state index in [0.29, 0.717) is 12.0 Å². The Balaban J connectivity index is 2.24. The van der Waals surface area contributed by atoms with Crippen molar-refractivity contribution >= 4 is 0 Å². The summed E-state index contributed by atoms with van der Waals surface area (Å²) in [6, 6.07) is 10.0. The van der Waals surface area contributed by atoms with Crippen molar-refractivity contribution in [2.45, 2.75) is 32.8 Å². The molecule has 0 amide bonds. The molecule has 21 heavy (non-hydrogen) atoms. The largest absolute Gasteiger partial charge is 0.429 e. The van der Waals surface area contributed by atoms with Gasteiger partial charge in [-0.3, -0.25) is 0 Å². The molecule has 112 valence electrons. The predicted octanol–water partition coefficient (Wildman–Crippen LogP) is 5.08. The van der Waals surface area contributed by atoms with Crippen LogP contribution in [0.2, 0.25) is 0 Å². The highest BCUT2D eigenvalue weighted by molar-refractivity contribution is 5.30. The SMILES string of the molecule is CCc1ccc(OC(F)(F)c2ccc(CC)cc2F)cc1. The Kier molecular flexibility index (Phi) is 4.56. The smallest absolute Gasteiger partial charge is 0.429 e. The first-order chi connectivity index (χ1) is 9.96. The third kappa shape index (κ3) is 3.57. The van der Waals surface area contributed by atoms with Gasteiger partial charge in [-0.1, -0.05) is 32.0 Å². The quantitative estimate of drug-likeness (QED) is 0.747. The molecule has 0 aliphatic rings. The second-order valence-corrected chi connectivity index (χ2v) is 4.78. The molecule has 0 fully saturated rings. The summed E-state index contributed by atoms with van der Waals surface area (Å²) < 4.78 is 46.6. The Hall–Kier alpha value is -1.97. The summed E-state index contributed by atoms with van der Waals surface area (Å²) in [6.45, 7) is 3.80. The van der Waals surface area contributed by atoms with Crippen LogP contribution in [0.25, 0.3) is 0 Å². The van der Waals surface area contributed by atoms with Crippen LogP contribution < -0.4 is 4.74 Å². The van der Waals surface area contributed by atoms with E-state index in [1.165, 1.54) is 18.2 Å². The fourth-order valence-electron chi connectivity index (χ4n) is 2.01. The maximum atomic E-state index is 14.1. The minimum Gasteiger partial charge on any atom is -0.429 e. The number of alkyl halides is 2. The molecule has 1 nitrogen and oxygen atoms in total. The van der Waals surface area contributed by atoms with Gasteiger partial charge < -0.3 is 4.74 Å². The monoisotopic (exact) mass is 294 g/mol. The van der Waals surface area contributed by atoms with Gasteiger partial charge in [-0.25, -0.2) is 4.39 Å². The molecule has 4 heteroatoms. The van der Waals surface area contributed by atoms with Crippen LogP contribution >= 0.6 is 0 Å². The van der Waals surface area contributed by atoms with Crippen LogP contribution in [0, 0.1) is 5.82 Å². The fourth-order valence-corrected chi connectivity index (χ4v) is 2.01. The van der Waals surface area contributed by atoms with Crippen molar-refractivity contribution in [3.8, 4) is 5.75 Å². The molecule has 0 N–H and O–H groups in total. The number of rotatable bonds is 5. The fraction of sp³-hybridized carbons (Fsp3) is 0.294. The maximum absolute atomic E-state index is 14.1. The lowest BCUT2D eigenvalue weighted by molar-refractivity contribution is -0.187. The highest BCUT2D eigenvalue weighted by Crippen LogP contribution is 2.33. The van der Waals surface area contributed by atoms with Crippen molar-refractivity contribution in [2.24, 2.45) is 0 Å². The van der Waals surface area contributed by atoms with E-state index in [9.17, 15) is 13.2 Å². The lowest BCUT2D eigenvalue weighted by Crippen LogP contribution is -2.23. The highest BCUT2D eigenvalue weighted by atomic mass is 19.3. The van der Waals surface area contributed by atoms with Crippen molar-refractivity contribution < 1.29 is 17.9 Å². The first-order valence-corrected chi connectivity index (χ1v) is 6.91. The van der Waals surface area contributed by atoms with Crippen LogP contribution in [0.15, 0.2) is 42.5 Å². The van der Waals surface area contributed by atoms with Gasteiger partial charge in [0.05, 0.1) is 5.56 Å². The first-order valence-electron chi connectivity index (χ1n) is 6.91. The van der Waals surface area contributed by atoms with Crippen LogP contribution in [-0.4, -0.2) is 0 Å². The third-order valence-corrected chi connectivity index (χ3v) is 3.33. The summed E-state index contributed by atoms with van der Waals surface area (Å²) >= 11 is 0. The number of hydrogen-bond acceptors (Lipinski definition) is 1. The molecule has 0 bridgehead atoms. The number of ether oxygens (including phenoxy) is 1. The van der Waals surface area contributed by atoms with Gasteiger partial charge >= 0.3 is 6.11 Å². The number of benzene rings is 2. The average Bonchev–Trinajstić information content (AvgIpc) is 2.47. The van der Waals surface area contributed by atoms with E-state index < -0.39 is 17.5 Å². The van der Waals surface area contributed by atoms with E-state index in [1.54, 1.807) is 12.1 Å². The summed E-state index contributed by atoms with van der Waals surface area (Å²) in [7, 11) is 0. The van der Waals surface area contributed by atoms with Crippen molar-refractivity contribution in [1.82, 2.24) is 0 Å². The van der Waals surface area contributed by atoms with Crippen LogP contribution in [0.4, 0.5) is 13.2 Å². The van der Waals surface area contributed by atoms with Gasteiger partial charge in [-0.2, -0.15) is 8.78 Å². The van der Waals surface area contributed by atoms with Crippen molar-refractivity contribution in [1.29, 1.82) is 0 Å². The Morgan fingerprint density at radius 3 is 2.00 bits per heavy atom. The van der Waals surface area contributed by atoms with Gasteiger partial charge in [0.25, 0.3) is 0 Å². The summed E-state index contributed by atoms with van der Waals surface area (Å²) in [5, 5.41) is 0. The van der Waals surface area contributed by atoms with Crippen LogP contribution in [0.3, 0.4) is 0 Å². The summed E-state index contributed by atoms with van der Waals surface area (Å²) in [5.41, 5.74) is 0.933. The molecule has 0 unspecified atom stereocenters. The van der Waals surface area contributed by atoms with Gasteiger partial charge in [0.15, 0.2) is 0 Å². The summed E-state index contributed by atoms with van der Waals surface area (Å²) in [6.07, 6.45) is -2.31. The zero-order valence-corrected chi connectivity index (χ0v) is 12.0. The Labute approximate surface area is 122 Å². The molecule has 0 saturated heterocycles. The van der Waals surface area contributed by atoms with Gasteiger partial charge in [-0.05, 0) is 48.2 Å². The van der Waals surface area contributed by atoms with Gasteiger partial charge in [0, 0.05) is 0 Å². The molecule has 0 spiro atoms. The van der Waals surface area contributed by atoms with Crippen molar-refractivity contribution in [3.63, 3.8) is 0 Å². The van der Waals surface area contributed by atoms with E-state index >= 15 is 0 Å². The summed E-state index contributed by atoms with van der Waals surface area (Å²) in [4.78, 5) is 0. The second kappa shape index (κ2) is 6.20. The van der Waals surface area contributed by atoms with Crippen LogP contribution in [-0.2, 0) is 19.0 Å². The molecule has 2 aromatic rings. The zero-order chi connectivity index (χ0) is 15.5. The first kappa shape index (κ1) is 15.4. The van der Waals surface area contributed by atoms with E-state index in [1.807, 2.05) is 13.8 Å². The van der Waals surface area contributed by atoms with Gasteiger partial charge in [-0.15, -0.1) is 0 Å². The predicted molar refractivity (Wildman–Crippen MR) is 76.1 cm³/mol. The van der Waals surface area contributed by atoms with E-state index in [4.69, 9.17) is 0 Å². The molecule has 2 aromatic carbocycles. The van der Waals surface area contributed by atoms with Crippen LogP contribution in [0.5, 0.6) is 5.75 Å². The Morgan fingerprint density at radius 2 is 1.48 bits per heavy atom. The van der Waals surface area contributed by atoms with Crippen molar-refractivity contribution in [3.05, 3.63) is 65.0 Å². The molecule has 0 saturated carbocycles. The molecule has 0 aliphatic carbocycles. The number of hydrogen-bond donors (Lipinski definition) is 0. The molecular formula is C17H17F3O. The third-order valence-electron chi connectivity index (χ3n) is 3.33. The summed E-state index contributed by atoms with van der Waals surface area (Å²) in [5.74, 6) is -0.944. The van der Waals surface area contributed by atoms with Gasteiger partial charge in [0.1, 0.15) is 11.6 Å². The van der Waals surface area contributed by atoms with E-state index in [-0.39, 0.29) is 5.75 Å². The molecule has 0 radical (unpaired) electrons. The normalized spacial score (nSPS) is 11.5. The molecule has 0 atom stereocenters. The Morgan fingerprint density at radius 1 is 0.905 bits per heavy atom. The number of aryl methyl sites for hydroxylation is 2.